The van der Waals surface area contributed by atoms with E-state index in [2.05, 4.69) is 10.3 Å². The lowest BCUT2D eigenvalue weighted by Crippen LogP contribution is -2.30. The van der Waals surface area contributed by atoms with Crippen LogP contribution in [0, 0.1) is 20.8 Å². The summed E-state index contributed by atoms with van der Waals surface area (Å²) in [5, 5.41) is 2.79. The first kappa shape index (κ1) is 15.0. The first-order valence-corrected chi connectivity index (χ1v) is 6.94. The average molecular weight is 284 g/mol. The number of hydrogen-bond acceptors (Lipinski definition) is 3. The highest BCUT2D eigenvalue weighted by Gasteiger charge is 2.17. The summed E-state index contributed by atoms with van der Waals surface area (Å²) in [6.07, 6.45) is 1.06. The molecule has 2 rings (SSSR count). The molecule has 0 aliphatic carbocycles. The van der Waals surface area contributed by atoms with Crippen LogP contribution >= 0.6 is 0 Å². The number of rotatable bonds is 4. The quantitative estimate of drug-likeness (QED) is 0.936. The monoisotopic (exact) mass is 284 g/mol. The Bertz CT molecular complexity index is 653. The molecule has 0 aliphatic rings. The van der Waals surface area contributed by atoms with Gasteiger partial charge in [0.2, 0.25) is 0 Å². The molecular formula is C17H20N2O2. The zero-order valence-electron chi connectivity index (χ0n) is 12.8. The van der Waals surface area contributed by atoms with Crippen molar-refractivity contribution in [2.24, 2.45) is 0 Å². The topological polar surface area (TPSA) is 51.2 Å². The molecule has 4 nitrogen and oxygen atoms in total. The lowest BCUT2D eigenvalue weighted by molar-refractivity contribution is -0.122. The fourth-order valence-corrected chi connectivity index (χ4v) is 2.01. The van der Waals surface area contributed by atoms with Crippen LogP contribution in [-0.4, -0.2) is 17.0 Å². The van der Waals surface area contributed by atoms with Crippen molar-refractivity contribution in [1.82, 2.24) is 4.98 Å². The second kappa shape index (κ2) is 6.39. The fraction of sp³-hybridized carbons (Fsp3) is 0.294. The Morgan fingerprint density at radius 2 is 1.95 bits per heavy atom. The Labute approximate surface area is 125 Å². The van der Waals surface area contributed by atoms with E-state index in [0.717, 1.165) is 16.9 Å². The molecule has 2 aromatic rings. The van der Waals surface area contributed by atoms with Crippen LogP contribution in [0.25, 0.3) is 0 Å². The number of carbonyl (C=O) groups is 1. The van der Waals surface area contributed by atoms with Gasteiger partial charge in [0.05, 0.1) is 0 Å². The van der Waals surface area contributed by atoms with Crippen LogP contribution in [0.4, 0.5) is 5.82 Å². The maximum absolute atomic E-state index is 12.2. The zero-order chi connectivity index (χ0) is 15.4. The zero-order valence-corrected chi connectivity index (χ0v) is 12.8. The van der Waals surface area contributed by atoms with E-state index in [1.54, 1.807) is 13.1 Å². The lowest BCUT2D eigenvalue weighted by Gasteiger charge is -2.16. The van der Waals surface area contributed by atoms with E-state index in [4.69, 9.17) is 4.74 Å². The number of anilines is 1. The molecule has 1 amide bonds. The average Bonchev–Trinajstić information content (AvgIpc) is 2.44. The molecule has 1 heterocycles. The molecule has 0 saturated heterocycles. The first-order valence-electron chi connectivity index (χ1n) is 6.94. The molecule has 4 heteroatoms. The Balaban J connectivity index is 2.04. The van der Waals surface area contributed by atoms with Crippen LogP contribution in [0.2, 0.25) is 0 Å². The highest BCUT2D eigenvalue weighted by atomic mass is 16.5. The van der Waals surface area contributed by atoms with Gasteiger partial charge in [0.25, 0.3) is 5.91 Å². The van der Waals surface area contributed by atoms with Crippen molar-refractivity contribution >= 4 is 11.7 Å². The number of nitrogens with one attached hydrogen (secondary N) is 1. The summed E-state index contributed by atoms with van der Waals surface area (Å²) >= 11 is 0. The second-order valence-electron chi connectivity index (χ2n) is 5.19. The third-order valence-corrected chi connectivity index (χ3v) is 3.25. The van der Waals surface area contributed by atoms with E-state index in [1.807, 2.05) is 51.1 Å². The Morgan fingerprint density at radius 1 is 1.19 bits per heavy atom. The minimum Gasteiger partial charge on any atom is -0.481 e. The lowest BCUT2D eigenvalue weighted by atomic mass is 10.1. The van der Waals surface area contributed by atoms with Crippen LogP contribution in [0.3, 0.4) is 0 Å². The van der Waals surface area contributed by atoms with Gasteiger partial charge in [-0.2, -0.15) is 0 Å². The summed E-state index contributed by atoms with van der Waals surface area (Å²) in [6, 6.07) is 9.62. The molecule has 1 aromatic heterocycles. The van der Waals surface area contributed by atoms with Crippen molar-refractivity contribution in [3.63, 3.8) is 0 Å². The van der Waals surface area contributed by atoms with E-state index in [9.17, 15) is 4.79 Å². The van der Waals surface area contributed by atoms with Gasteiger partial charge in [-0.3, -0.25) is 4.79 Å². The van der Waals surface area contributed by atoms with Gasteiger partial charge >= 0.3 is 0 Å². The minimum atomic E-state index is -0.590. The molecular weight excluding hydrogens is 264 g/mol. The molecule has 0 aliphatic heterocycles. The van der Waals surface area contributed by atoms with Crippen molar-refractivity contribution in [2.75, 3.05) is 5.32 Å². The maximum Gasteiger partial charge on any atom is 0.266 e. The largest absolute Gasteiger partial charge is 0.481 e. The summed E-state index contributed by atoms with van der Waals surface area (Å²) in [6.45, 7) is 7.62. The van der Waals surface area contributed by atoms with E-state index in [0.29, 0.717) is 5.82 Å². The number of aromatic nitrogens is 1. The van der Waals surface area contributed by atoms with Gasteiger partial charge in [0.15, 0.2) is 6.10 Å². The van der Waals surface area contributed by atoms with Crippen molar-refractivity contribution in [1.29, 1.82) is 0 Å². The molecule has 0 fully saturated rings. The minimum absolute atomic E-state index is 0.211. The van der Waals surface area contributed by atoms with Crippen LogP contribution < -0.4 is 10.1 Å². The molecule has 1 N–H and O–H groups in total. The number of carbonyl (C=O) groups excluding carboxylic acids is 1. The van der Waals surface area contributed by atoms with Gasteiger partial charge in [-0.05, 0) is 51.0 Å². The SMILES string of the molecule is Cc1ccc(O[C@H](C)C(=O)Nc2ncccc2C)c(C)c1. The summed E-state index contributed by atoms with van der Waals surface area (Å²) < 4.78 is 5.73. The fourth-order valence-electron chi connectivity index (χ4n) is 2.01. The molecule has 110 valence electrons. The molecule has 0 saturated carbocycles. The Kier molecular flexibility index (Phi) is 4.58. The molecule has 1 atom stereocenters. The smallest absolute Gasteiger partial charge is 0.266 e. The van der Waals surface area contributed by atoms with Crippen LogP contribution in [-0.2, 0) is 4.79 Å². The summed E-state index contributed by atoms with van der Waals surface area (Å²) in [5.74, 6) is 1.08. The normalized spacial score (nSPS) is 11.8. The number of ether oxygens (including phenoxy) is 1. The highest BCUT2D eigenvalue weighted by molar-refractivity contribution is 5.93. The predicted octanol–water partition coefficient (Wildman–Crippen LogP) is 3.41. The van der Waals surface area contributed by atoms with Crippen molar-refractivity contribution in [2.45, 2.75) is 33.8 Å². The third-order valence-electron chi connectivity index (χ3n) is 3.25. The van der Waals surface area contributed by atoms with E-state index >= 15 is 0 Å². The maximum atomic E-state index is 12.2. The molecule has 21 heavy (non-hydrogen) atoms. The number of aryl methyl sites for hydroxylation is 3. The van der Waals surface area contributed by atoms with E-state index < -0.39 is 6.10 Å². The molecule has 0 bridgehead atoms. The third kappa shape index (κ3) is 3.81. The molecule has 1 aromatic carbocycles. The van der Waals surface area contributed by atoms with Crippen molar-refractivity contribution in [3.8, 4) is 5.75 Å². The standard InChI is InChI=1S/C17H20N2O2/c1-11-7-8-15(13(3)10-11)21-14(4)17(20)19-16-12(2)6-5-9-18-16/h5-10,14H,1-4H3,(H,18,19,20)/t14-/m1/s1. The summed E-state index contributed by atoms with van der Waals surface area (Å²) in [5.41, 5.74) is 3.11. The highest BCUT2D eigenvalue weighted by Crippen LogP contribution is 2.20. The van der Waals surface area contributed by atoms with Gasteiger partial charge in [0, 0.05) is 6.20 Å². The van der Waals surface area contributed by atoms with Crippen LogP contribution in [0.5, 0.6) is 5.75 Å². The summed E-state index contributed by atoms with van der Waals surface area (Å²) in [7, 11) is 0. The molecule has 0 radical (unpaired) electrons. The van der Waals surface area contributed by atoms with Gasteiger partial charge in [-0.25, -0.2) is 4.98 Å². The second-order valence-corrected chi connectivity index (χ2v) is 5.19. The van der Waals surface area contributed by atoms with E-state index in [1.165, 1.54) is 5.56 Å². The number of amides is 1. The van der Waals surface area contributed by atoms with Gasteiger partial charge in [-0.15, -0.1) is 0 Å². The van der Waals surface area contributed by atoms with Crippen molar-refractivity contribution in [3.05, 3.63) is 53.2 Å². The number of benzene rings is 1. The van der Waals surface area contributed by atoms with E-state index in [-0.39, 0.29) is 5.91 Å². The van der Waals surface area contributed by atoms with Crippen LogP contribution in [0.1, 0.15) is 23.6 Å². The Morgan fingerprint density at radius 3 is 2.62 bits per heavy atom. The number of hydrogen-bond donors (Lipinski definition) is 1. The molecule has 0 spiro atoms. The van der Waals surface area contributed by atoms with Gasteiger partial charge in [-0.1, -0.05) is 23.8 Å². The number of pyridine rings is 1. The first-order chi connectivity index (χ1) is 9.97. The van der Waals surface area contributed by atoms with Gasteiger partial charge < -0.3 is 10.1 Å². The predicted molar refractivity (Wildman–Crippen MR) is 83.6 cm³/mol. The Hall–Kier alpha value is -2.36. The van der Waals surface area contributed by atoms with Crippen LogP contribution in [0.15, 0.2) is 36.5 Å². The van der Waals surface area contributed by atoms with Crippen molar-refractivity contribution < 1.29 is 9.53 Å². The summed E-state index contributed by atoms with van der Waals surface area (Å²) in [4.78, 5) is 16.3. The molecule has 0 unspecified atom stereocenters. The number of nitrogens with zero attached hydrogens (tertiary/aromatic N) is 1. The van der Waals surface area contributed by atoms with Gasteiger partial charge in [0.1, 0.15) is 11.6 Å².